The second-order valence-electron chi connectivity index (χ2n) is 8.93. The van der Waals surface area contributed by atoms with Crippen LogP contribution in [0.3, 0.4) is 0 Å². The monoisotopic (exact) mass is 485 g/mol. The average molecular weight is 486 g/mol. The second kappa shape index (κ2) is 8.88. The van der Waals surface area contributed by atoms with Gasteiger partial charge in [0.15, 0.2) is 5.82 Å². The van der Waals surface area contributed by atoms with Crippen molar-refractivity contribution in [1.82, 2.24) is 14.9 Å². The number of hydrogen-bond donors (Lipinski definition) is 1. The number of fused-ring (bicyclic) bond motifs is 1. The average Bonchev–Trinajstić information content (AvgIpc) is 2.85. The van der Waals surface area contributed by atoms with Crippen molar-refractivity contribution in [2.24, 2.45) is 5.41 Å². The maximum Gasteiger partial charge on any atom is 0.414 e. The molecule has 0 atom stereocenters. The molecule has 2 fully saturated rings. The van der Waals surface area contributed by atoms with E-state index in [4.69, 9.17) is 21.1 Å². The Labute approximate surface area is 201 Å². The van der Waals surface area contributed by atoms with Crippen LogP contribution in [0.2, 0.25) is 5.02 Å². The smallest absolute Gasteiger partial charge is 0.414 e. The van der Waals surface area contributed by atoms with Crippen molar-refractivity contribution < 1.29 is 18.7 Å². The number of cyclic esters (lactones) is 1. The molecule has 1 amide bonds. The van der Waals surface area contributed by atoms with Gasteiger partial charge in [-0.05, 0) is 51.2 Å². The first kappa shape index (κ1) is 22.6. The summed E-state index contributed by atoms with van der Waals surface area (Å²) in [6.07, 6.45) is 2.84. The van der Waals surface area contributed by atoms with Crippen LogP contribution in [0.15, 0.2) is 36.7 Å². The fourth-order valence-electron chi connectivity index (χ4n) is 4.59. The topological polar surface area (TPSA) is 79.8 Å². The second-order valence-corrected chi connectivity index (χ2v) is 9.34. The number of nitrogens with zero attached hydrogens (tertiary/aromatic N) is 4. The number of hydrogen-bond acceptors (Lipinski definition) is 7. The third-order valence-corrected chi connectivity index (χ3v) is 6.99. The number of halogens is 2. The molecule has 1 N–H and O–H groups in total. The predicted octanol–water partition coefficient (Wildman–Crippen LogP) is 4.84. The lowest BCUT2D eigenvalue weighted by molar-refractivity contribution is 0.0221. The molecule has 2 aromatic carbocycles. The molecule has 0 bridgehead atoms. The van der Waals surface area contributed by atoms with Gasteiger partial charge >= 0.3 is 6.09 Å². The van der Waals surface area contributed by atoms with E-state index in [1.807, 2.05) is 0 Å². The van der Waals surface area contributed by atoms with Crippen LogP contribution in [-0.2, 0) is 4.74 Å². The fourth-order valence-corrected chi connectivity index (χ4v) is 4.77. The van der Waals surface area contributed by atoms with Gasteiger partial charge in [-0.25, -0.2) is 19.2 Å². The zero-order valence-electron chi connectivity index (χ0n) is 19.0. The highest BCUT2D eigenvalue weighted by atomic mass is 35.5. The van der Waals surface area contributed by atoms with Crippen LogP contribution in [-0.4, -0.2) is 61.4 Å². The molecule has 2 saturated heterocycles. The van der Waals surface area contributed by atoms with Gasteiger partial charge in [0.05, 0.1) is 29.0 Å². The number of nitrogens with one attached hydrogen (secondary N) is 1. The first-order chi connectivity index (χ1) is 16.4. The van der Waals surface area contributed by atoms with Crippen LogP contribution in [0.1, 0.15) is 12.8 Å². The van der Waals surface area contributed by atoms with Crippen LogP contribution in [0.25, 0.3) is 10.9 Å². The van der Waals surface area contributed by atoms with Gasteiger partial charge in [0.25, 0.3) is 0 Å². The lowest BCUT2D eigenvalue weighted by Crippen LogP contribution is -2.54. The lowest BCUT2D eigenvalue weighted by Gasteiger charge is -2.46. The first-order valence-electron chi connectivity index (χ1n) is 11.1. The van der Waals surface area contributed by atoms with Gasteiger partial charge in [0.2, 0.25) is 0 Å². The van der Waals surface area contributed by atoms with Crippen molar-refractivity contribution in [3.8, 4) is 5.75 Å². The molecule has 2 aliphatic rings. The van der Waals surface area contributed by atoms with Crippen LogP contribution in [0.4, 0.5) is 26.4 Å². The van der Waals surface area contributed by atoms with E-state index in [9.17, 15) is 9.18 Å². The van der Waals surface area contributed by atoms with Crippen LogP contribution in [0.5, 0.6) is 5.75 Å². The summed E-state index contributed by atoms with van der Waals surface area (Å²) in [6.45, 7) is 2.84. The van der Waals surface area contributed by atoms with Crippen molar-refractivity contribution >= 4 is 45.8 Å². The van der Waals surface area contributed by atoms with Gasteiger partial charge < -0.3 is 19.7 Å². The van der Waals surface area contributed by atoms with Crippen molar-refractivity contribution in [3.05, 3.63) is 47.5 Å². The number of anilines is 3. The van der Waals surface area contributed by atoms with Crippen LogP contribution in [0, 0.1) is 11.2 Å². The summed E-state index contributed by atoms with van der Waals surface area (Å²) in [5.74, 6) is 0.302. The van der Waals surface area contributed by atoms with Crippen molar-refractivity contribution in [3.63, 3.8) is 0 Å². The Balaban J connectivity index is 1.56. The van der Waals surface area contributed by atoms with Crippen molar-refractivity contribution in [1.29, 1.82) is 0 Å². The highest BCUT2D eigenvalue weighted by Gasteiger charge is 2.43. The minimum Gasteiger partial charge on any atom is -0.494 e. The number of carbonyl (C=O) groups is 1. The Morgan fingerprint density at radius 2 is 2.03 bits per heavy atom. The molecule has 34 heavy (non-hydrogen) atoms. The molecular formula is C24H25ClFN5O3. The van der Waals surface area contributed by atoms with E-state index < -0.39 is 11.9 Å². The lowest BCUT2D eigenvalue weighted by atomic mass is 9.78. The summed E-state index contributed by atoms with van der Waals surface area (Å²) < 4.78 is 25.8. The van der Waals surface area contributed by atoms with Gasteiger partial charge in [-0.3, -0.25) is 4.90 Å². The number of benzene rings is 2. The molecule has 0 radical (unpaired) electrons. The van der Waals surface area contributed by atoms with Gasteiger partial charge in [0, 0.05) is 23.4 Å². The van der Waals surface area contributed by atoms with Crippen molar-refractivity contribution in [2.45, 2.75) is 12.8 Å². The number of ether oxygens (including phenoxy) is 2. The van der Waals surface area contributed by atoms with Crippen LogP contribution >= 0.6 is 11.6 Å². The summed E-state index contributed by atoms with van der Waals surface area (Å²) in [5.41, 5.74) is 1.22. The van der Waals surface area contributed by atoms with E-state index in [1.54, 1.807) is 36.3 Å². The van der Waals surface area contributed by atoms with E-state index in [0.717, 1.165) is 25.9 Å². The standard InChI is InChI=1S/C24H25ClFN5O3/c1-30-8-6-24(7-9-30)12-31(23(32)34-13-24)19-10-15-18(11-20(19)33-2)27-14-28-22(15)29-17-5-3-4-16(25)21(17)26/h3-5,10-11,14H,6-9,12-13H2,1-2H3,(H,27,28,29). The molecule has 0 saturated carbocycles. The molecule has 10 heteroatoms. The maximum absolute atomic E-state index is 14.5. The minimum atomic E-state index is -0.575. The SMILES string of the molecule is COc1cc2ncnc(Nc3cccc(Cl)c3F)c2cc1N1CC2(CCN(C)CC2)COC1=O. The fraction of sp³-hybridized carbons (Fsp3) is 0.375. The molecule has 3 aromatic rings. The minimum absolute atomic E-state index is 0.00482. The van der Waals surface area contributed by atoms with Gasteiger partial charge in [-0.15, -0.1) is 0 Å². The van der Waals surface area contributed by atoms with E-state index in [1.165, 1.54) is 12.4 Å². The normalized spacial score (nSPS) is 18.2. The number of rotatable bonds is 4. The Bertz CT molecular complexity index is 1250. The molecule has 1 aromatic heterocycles. The third-order valence-electron chi connectivity index (χ3n) is 6.69. The molecule has 1 spiro atoms. The van der Waals surface area contributed by atoms with E-state index >= 15 is 0 Å². The summed E-state index contributed by atoms with van der Waals surface area (Å²) in [7, 11) is 3.65. The van der Waals surface area contributed by atoms with Crippen LogP contribution < -0.4 is 15.0 Å². The Kier molecular flexibility index (Phi) is 5.91. The predicted molar refractivity (Wildman–Crippen MR) is 129 cm³/mol. The first-order valence-corrected chi connectivity index (χ1v) is 11.4. The van der Waals surface area contributed by atoms with Crippen molar-refractivity contribution in [2.75, 3.05) is 50.6 Å². The van der Waals surface area contributed by atoms with E-state index in [0.29, 0.717) is 41.3 Å². The number of piperidine rings is 1. The highest BCUT2D eigenvalue weighted by molar-refractivity contribution is 6.31. The number of carbonyl (C=O) groups excluding carboxylic acids is 1. The Hall–Kier alpha value is -3.17. The van der Waals surface area contributed by atoms with Gasteiger partial charge in [0.1, 0.15) is 24.5 Å². The molecular weight excluding hydrogens is 461 g/mol. The molecule has 0 aliphatic carbocycles. The maximum atomic E-state index is 14.5. The largest absolute Gasteiger partial charge is 0.494 e. The summed E-state index contributed by atoms with van der Waals surface area (Å²) in [5, 5.41) is 3.61. The molecule has 0 unspecified atom stereocenters. The quantitative estimate of drug-likeness (QED) is 0.566. The molecule has 2 aliphatic heterocycles. The zero-order valence-corrected chi connectivity index (χ0v) is 19.7. The number of amides is 1. The van der Waals surface area contributed by atoms with Gasteiger partial charge in [-0.1, -0.05) is 17.7 Å². The van der Waals surface area contributed by atoms with E-state index in [-0.39, 0.29) is 16.1 Å². The zero-order chi connectivity index (χ0) is 23.9. The molecule has 5 rings (SSSR count). The number of methoxy groups -OCH3 is 1. The number of likely N-dealkylation sites (tertiary alicyclic amines) is 1. The summed E-state index contributed by atoms with van der Waals surface area (Å²) in [6, 6.07) is 8.23. The Morgan fingerprint density at radius 1 is 1.24 bits per heavy atom. The Morgan fingerprint density at radius 3 is 2.79 bits per heavy atom. The van der Waals surface area contributed by atoms with E-state index in [2.05, 4.69) is 27.2 Å². The van der Waals surface area contributed by atoms with Gasteiger partial charge in [-0.2, -0.15) is 0 Å². The molecule has 3 heterocycles. The molecule has 8 nitrogen and oxygen atoms in total. The summed E-state index contributed by atoms with van der Waals surface area (Å²) in [4.78, 5) is 25.4. The summed E-state index contributed by atoms with van der Waals surface area (Å²) >= 11 is 5.94. The highest BCUT2D eigenvalue weighted by Crippen LogP contribution is 2.42. The third kappa shape index (κ3) is 4.10. The number of aromatic nitrogens is 2. The molecule has 178 valence electrons.